The van der Waals surface area contributed by atoms with Crippen molar-refractivity contribution in [2.45, 2.75) is 12.8 Å². The summed E-state index contributed by atoms with van der Waals surface area (Å²) in [5, 5.41) is 29.2. The lowest BCUT2D eigenvalue weighted by molar-refractivity contribution is 0.668. The second kappa shape index (κ2) is 11.4. The van der Waals surface area contributed by atoms with Gasteiger partial charge in [-0.2, -0.15) is 10.5 Å². The Balaban J connectivity index is 1.08. The first kappa shape index (κ1) is 30.6. The quantitative estimate of drug-likeness (QED) is 0.182. The van der Waals surface area contributed by atoms with Gasteiger partial charge in [0.2, 0.25) is 0 Å². The molecular formula is C50H28N4O2. The van der Waals surface area contributed by atoms with Crippen LogP contribution in [0.25, 0.3) is 99.6 Å². The number of aromatic nitrogens is 2. The molecular weight excluding hydrogens is 689 g/mol. The summed E-state index contributed by atoms with van der Waals surface area (Å²) in [7, 11) is 0. The monoisotopic (exact) mass is 716 g/mol. The van der Waals surface area contributed by atoms with Gasteiger partial charge in [-0.3, -0.25) is 0 Å². The molecule has 0 spiro atoms. The van der Waals surface area contributed by atoms with E-state index in [4.69, 9.17) is 8.83 Å². The van der Waals surface area contributed by atoms with E-state index >= 15 is 0 Å². The summed E-state index contributed by atoms with van der Waals surface area (Å²) in [6, 6.07) is 52.7. The Morgan fingerprint density at radius 3 is 1.64 bits per heavy atom. The average Bonchev–Trinajstić information content (AvgIpc) is 4.00. The zero-order valence-corrected chi connectivity index (χ0v) is 29.9. The van der Waals surface area contributed by atoms with Crippen LogP contribution in [0.5, 0.6) is 0 Å². The number of para-hydroxylation sites is 2. The Labute approximate surface area is 318 Å². The number of rotatable bonds is 3. The summed E-state index contributed by atoms with van der Waals surface area (Å²) in [4.78, 5) is 0. The van der Waals surface area contributed by atoms with Gasteiger partial charge in [0.25, 0.3) is 0 Å². The van der Waals surface area contributed by atoms with Crippen LogP contribution >= 0.6 is 0 Å². The minimum atomic E-state index is 0.613. The van der Waals surface area contributed by atoms with Crippen molar-refractivity contribution in [1.29, 1.82) is 10.5 Å². The van der Waals surface area contributed by atoms with Crippen LogP contribution in [0.3, 0.4) is 0 Å². The number of hydrogen-bond acceptors (Lipinski definition) is 4. The molecule has 1 aliphatic carbocycles. The fourth-order valence-electron chi connectivity index (χ4n) is 9.20. The molecule has 0 amide bonds. The molecule has 6 nitrogen and oxygen atoms in total. The van der Waals surface area contributed by atoms with Crippen molar-refractivity contribution < 1.29 is 8.83 Å². The van der Waals surface area contributed by atoms with Crippen LogP contribution in [0.2, 0.25) is 0 Å². The van der Waals surface area contributed by atoms with Crippen molar-refractivity contribution >= 4 is 88.2 Å². The van der Waals surface area contributed by atoms with Crippen molar-refractivity contribution in [1.82, 2.24) is 9.13 Å². The first-order chi connectivity index (χ1) is 27.6. The summed E-state index contributed by atoms with van der Waals surface area (Å²) >= 11 is 0. The van der Waals surface area contributed by atoms with Gasteiger partial charge in [-0.15, -0.1) is 0 Å². The fourth-order valence-corrected chi connectivity index (χ4v) is 9.20. The standard InChI is InChI=1S/C50H28N4O2/c51-27-29-12-18-46-38(22-29)40-25-32(15-20-48(40)55-46)53-42-9-3-1-6-35(42)37-24-31(14-17-44(37)53)34-8-5-11-45-50(34)36-7-2-4-10-43(36)54(45)33-16-21-49-41(26-33)39-23-30(28-52)13-19-47(39)56-49/h1-4,6-7,9-26H,5,8H2. The highest BCUT2D eigenvalue weighted by Crippen LogP contribution is 2.38. The van der Waals surface area contributed by atoms with Gasteiger partial charge in [-0.05, 0) is 121 Å². The summed E-state index contributed by atoms with van der Waals surface area (Å²) in [6.45, 7) is 0. The highest BCUT2D eigenvalue weighted by Gasteiger charge is 2.20. The van der Waals surface area contributed by atoms with Gasteiger partial charge in [0.05, 0.1) is 45.2 Å². The Morgan fingerprint density at radius 2 is 1.00 bits per heavy atom. The Hall–Kier alpha value is -7.80. The molecule has 0 radical (unpaired) electrons. The van der Waals surface area contributed by atoms with Gasteiger partial charge in [0.15, 0.2) is 0 Å². The van der Waals surface area contributed by atoms with Crippen molar-refractivity contribution in [3.8, 4) is 23.5 Å². The van der Waals surface area contributed by atoms with Gasteiger partial charge in [0.1, 0.15) is 22.3 Å². The van der Waals surface area contributed by atoms with Crippen molar-refractivity contribution in [2.75, 3.05) is 0 Å². The lowest BCUT2D eigenvalue weighted by Crippen LogP contribution is -2.32. The smallest absolute Gasteiger partial charge is 0.135 e. The third-order valence-electron chi connectivity index (χ3n) is 11.6. The number of nitriles is 2. The third-order valence-corrected chi connectivity index (χ3v) is 11.6. The van der Waals surface area contributed by atoms with Crippen LogP contribution in [0.15, 0.2) is 148 Å². The molecule has 7 aromatic carbocycles. The molecule has 0 N–H and O–H groups in total. The predicted octanol–water partition coefficient (Wildman–Crippen LogP) is 11.0. The third kappa shape index (κ3) is 4.24. The maximum atomic E-state index is 9.62. The molecule has 0 atom stereocenters. The molecule has 0 saturated heterocycles. The van der Waals surface area contributed by atoms with E-state index in [1.165, 1.54) is 37.9 Å². The van der Waals surface area contributed by atoms with Crippen LogP contribution in [-0.2, 0) is 0 Å². The molecule has 0 unspecified atom stereocenters. The highest BCUT2D eigenvalue weighted by molar-refractivity contribution is 6.12. The van der Waals surface area contributed by atoms with E-state index in [-0.39, 0.29) is 0 Å². The Bertz CT molecular complexity index is 3740. The second-order valence-electron chi connectivity index (χ2n) is 14.6. The van der Waals surface area contributed by atoms with E-state index in [0.29, 0.717) is 11.1 Å². The van der Waals surface area contributed by atoms with Crippen LogP contribution < -0.4 is 10.6 Å². The largest absolute Gasteiger partial charge is 0.456 e. The van der Waals surface area contributed by atoms with Gasteiger partial charge >= 0.3 is 0 Å². The number of benzene rings is 7. The molecule has 4 aromatic heterocycles. The van der Waals surface area contributed by atoms with Gasteiger partial charge in [-0.1, -0.05) is 48.5 Å². The first-order valence-corrected chi connectivity index (χ1v) is 18.8. The number of furan rings is 2. The summed E-state index contributed by atoms with van der Waals surface area (Å²) in [5.41, 5.74) is 12.5. The highest BCUT2D eigenvalue weighted by atomic mass is 16.3. The van der Waals surface area contributed by atoms with E-state index in [1.807, 2.05) is 36.4 Å². The maximum absolute atomic E-state index is 9.62. The first-order valence-electron chi connectivity index (χ1n) is 18.8. The number of fused-ring (bicyclic) bond motifs is 12. The normalized spacial score (nSPS) is 12.9. The van der Waals surface area contributed by atoms with Crippen molar-refractivity contribution in [2.24, 2.45) is 0 Å². The van der Waals surface area contributed by atoms with Crippen molar-refractivity contribution in [3.05, 3.63) is 167 Å². The zero-order valence-electron chi connectivity index (χ0n) is 29.9. The Morgan fingerprint density at radius 1 is 0.464 bits per heavy atom. The molecule has 11 aromatic rings. The molecule has 0 fully saturated rings. The molecule has 6 heteroatoms. The van der Waals surface area contributed by atoms with Gasteiger partial charge < -0.3 is 18.0 Å². The number of hydrogen-bond donors (Lipinski definition) is 0. The lowest BCUT2D eigenvalue weighted by Gasteiger charge is -2.13. The predicted molar refractivity (Wildman–Crippen MR) is 224 cm³/mol. The average molecular weight is 717 g/mol. The van der Waals surface area contributed by atoms with E-state index in [9.17, 15) is 10.5 Å². The molecule has 0 bridgehead atoms. The van der Waals surface area contributed by atoms with Gasteiger partial charge in [-0.25, -0.2) is 0 Å². The second-order valence-corrected chi connectivity index (χ2v) is 14.6. The summed E-state index contributed by atoms with van der Waals surface area (Å²) in [5.74, 6) is 0. The SMILES string of the molecule is N#Cc1ccc2oc3ccc(-n4c5c(c6ccccc64)=C(c4ccc6c(c4)c4ccccc4n6-c4ccc6oc7ccc(C#N)cc7c6c4)CCC=5)cc3c2c1. The molecule has 0 saturated carbocycles. The molecule has 4 heterocycles. The summed E-state index contributed by atoms with van der Waals surface area (Å²) in [6.07, 6.45) is 4.24. The minimum Gasteiger partial charge on any atom is -0.456 e. The zero-order chi connectivity index (χ0) is 37.1. The lowest BCUT2D eigenvalue weighted by atomic mass is 9.93. The Kier molecular flexibility index (Phi) is 6.21. The minimum absolute atomic E-state index is 0.613. The number of nitrogens with zero attached hydrogens (tertiary/aromatic N) is 4. The van der Waals surface area contributed by atoms with Crippen LogP contribution in [-0.4, -0.2) is 9.13 Å². The molecule has 12 rings (SSSR count). The fraction of sp³-hybridized carbons (Fsp3) is 0.0400. The van der Waals surface area contributed by atoms with E-state index < -0.39 is 0 Å². The van der Waals surface area contributed by atoms with Crippen LogP contribution in [0, 0.1) is 22.7 Å². The van der Waals surface area contributed by atoms with E-state index in [2.05, 4.69) is 118 Å². The molecule has 0 aliphatic heterocycles. The molecule has 56 heavy (non-hydrogen) atoms. The van der Waals surface area contributed by atoms with Crippen LogP contribution in [0.4, 0.5) is 0 Å². The van der Waals surface area contributed by atoms with E-state index in [1.54, 1.807) is 12.1 Å². The van der Waals surface area contributed by atoms with Gasteiger partial charge in [0, 0.05) is 54.3 Å². The van der Waals surface area contributed by atoms with Crippen LogP contribution in [0.1, 0.15) is 29.5 Å². The summed E-state index contributed by atoms with van der Waals surface area (Å²) < 4.78 is 17.1. The van der Waals surface area contributed by atoms with E-state index in [0.717, 1.165) is 84.6 Å². The molecule has 260 valence electrons. The topological polar surface area (TPSA) is 83.7 Å². The molecule has 1 aliphatic rings. The van der Waals surface area contributed by atoms with Crippen molar-refractivity contribution in [3.63, 3.8) is 0 Å². The maximum Gasteiger partial charge on any atom is 0.135 e.